The van der Waals surface area contributed by atoms with Gasteiger partial charge in [-0.3, -0.25) is 14.4 Å². The number of carbonyl (C=O) groups is 2. The Bertz CT molecular complexity index is 994. The quantitative estimate of drug-likeness (QED) is 0.425. The number of nitrogens with zero attached hydrogens (tertiary/aromatic N) is 1. The van der Waals surface area contributed by atoms with Gasteiger partial charge >= 0.3 is 0 Å². The maximum atomic E-state index is 12.5. The number of amides is 2. The van der Waals surface area contributed by atoms with Crippen molar-refractivity contribution in [3.63, 3.8) is 0 Å². The van der Waals surface area contributed by atoms with Crippen LogP contribution in [0.2, 0.25) is 5.15 Å². The molecule has 0 bridgehead atoms. The van der Waals surface area contributed by atoms with Gasteiger partial charge in [0, 0.05) is 22.9 Å². The maximum Gasteiger partial charge on any atom is 0.266 e. The largest absolute Gasteiger partial charge is 0.340 e. The molecule has 2 amide bonds. The number of hydrogen-bond acceptors (Lipinski definition) is 4. The summed E-state index contributed by atoms with van der Waals surface area (Å²) in [6, 6.07) is 9.45. The van der Waals surface area contributed by atoms with Gasteiger partial charge in [0.25, 0.3) is 11.8 Å². The Morgan fingerprint density at radius 2 is 1.70 bits per heavy atom. The minimum absolute atomic E-state index is 0.103. The van der Waals surface area contributed by atoms with E-state index in [2.05, 4.69) is 39.5 Å². The van der Waals surface area contributed by atoms with Crippen LogP contribution in [0.4, 0.5) is 0 Å². The number of hydroxylamine groups is 1. The van der Waals surface area contributed by atoms with Gasteiger partial charge < -0.3 is 5.32 Å². The first-order valence-corrected chi connectivity index (χ1v) is 9.74. The fourth-order valence-electron chi connectivity index (χ4n) is 2.33. The van der Waals surface area contributed by atoms with E-state index in [-0.39, 0.29) is 11.8 Å². The highest BCUT2D eigenvalue weighted by Crippen LogP contribution is 2.07. The van der Waals surface area contributed by atoms with Gasteiger partial charge in [0.1, 0.15) is 11.2 Å². The maximum absolute atomic E-state index is 12.5. The molecule has 2 N–H and O–H groups in total. The SMILES string of the molecule is CCONC(=O)[C@@H](NC(=O)c1ccc(C#CC#Cc2ccc(Cl)nc2)cc1)C(C)C. The topological polar surface area (TPSA) is 80.3 Å². The normalized spacial score (nSPS) is 10.8. The lowest BCUT2D eigenvalue weighted by Crippen LogP contribution is -2.49. The molecule has 1 heterocycles. The highest BCUT2D eigenvalue weighted by molar-refractivity contribution is 6.29. The average molecular weight is 424 g/mol. The second-order valence-electron chi connectivity index (χ2n) is 6.54. The summed E-state index contributed by atoms with van der Waals surface area (Å²) in [4.78, 5) is 33.5. The highest BCUT2D eigenvalue weighted by atomic mass is 35.5. The zero-order valence-electron chi connectivity index (χ0n) is 17.0. The van der Waals surface area contributed by atoms with Gasteiger partial charge in [-0.1, -0.05) is 37.3 Å². The zero-order valence-corrected chi connectivity index (χ0v) is 17.7. The monoisotopic (exact) mass is 423 g/mol. The molecule has 1 atom stereocenters. The predicted octanol–water partition coefficient (Wildman–Crippen LogP) is 2.96. The molecule has 0 aliphatic rings. The summed E-state index contributed by atoms with van der Waals surface area (Å²) < 4.78 is 0. The van der Waals surface area contributed by atoms with Crippen LogP contribution in [0.25, 0.3) is 0 Å². The van der Waals surface area contributed by atoms with Gasteiger partial charge in [-0.25, -0.2) is 10.5 Å². The van der Waals surface area contributed by atoms with Crippen LogP contribution in [0.3, 0.4) is 0 Å². The van der Waals surface area contributed by atoms with Gasteiger partial charge in [-0.15, -0.1) is 0 Å². The van der Waals surface area contributed by atoms with Crippen molar-refractivity contribution < 1.29 is 14.4 Å². The van der Waals surface area contributed by atoms with E-state index in [4.69, 9.17) is 16.4 Å². The van der Waals surface area contributed by atoms with Crippen molar-refractivity contribution in [3.8, 4) is 23.7 Å². The Balaban J connectivity index is 2.00. The van der Waals surface area contributed by atoms with Crippen molar-refractivity contribution >= 4 is 23.4 Å². The summed E-state index contributed by atoms with van der Waals surface area (Å²) in [6.07, 6.45) is 1.57. The molecule has 1 aromatic carbocycles. The molecule has 0 saturated carbocycles. The Kier molecular flexibility index (Phi) is 8.90. The number of carbonyl (C=O) groups excluding carboxylic acids is 2. The van der Waals surface area contributed by atoms with E-state index < -0.39 is 11.9 Å². The van der Waals surface area contributed by atoms with Crippen molar-refractivity contribution in [2.75, 3.05) is 6.61 Å². The lowest BCUT2D eigenvalue weighted by atomic mass is 10.0. The Hall–Kier alpha value is -3.32. The molecular weight excluding hydrogens is 402 g/mol. The Morgan fingerprint density at radius 1 is 1.07 bits per heavy atom. The van der Waals surface area contributed by atoms with Gasteiger partial charge in [0.15, 0.2) is 0 Å². The van der Waals surface area contributed by atoms with Crippen LogP contribution in [-0.2, 0) is 9.63 Å². The molecule has 0 saturated heterocycles. The third-order valence-corrected chi connectivity index (χ3v) is 4.13. The molecule has 30 heavy (non-hydrogen) atoms. The Morgan fingerprint density at radius 3 is 2.27 bits per heavy atom. The minimum Gasteiger partial charge on any atom is -0.340 e. The number of halogens is 1. The molecule has 7 heteroatoms. The summed E-state index contributed by atoms with van der Waals surface area (Å²) in [5, 5.41) is 3.14. The number of hydrogen-bond donors (Lipinski definition) is 2. The molecular formula is C23H22ClN3O3. The second-order valence-corrected chi connectivity index (χ2v) is 6.93. The third kappa shape index (κ3) is 7.25. The van der Waals surface area contributed by atoms with Gasteiger partial charge in [-0.05, 0) is 61.1 Å². The van der Waals surface area contributed by atoms with Crippen LogP contribution in [0.15, 0.2) is 42.6 Å². The molecule has 2 rings (SSSR count). The van der Waals surface area contributed by atoms with E-state index in [0.717, 1.165) is 0 Å². The van der Waals surface area contributed by atoms with Crippen LogP contribution in [0.1, 0.15) is 42.3 Å². The van der Waals surface area contributed by atoms with Crippen LogP contribution in [0, 0.1) is 29.6 Å². The van der Waals surface area contributed by atoms with E-state index in [1.165, 1.54) is 0 Å². The van der Waals surface area contributed by atoms with E-state index >= 15 is 0 Å². The molecule has 0 aliphatic carbocycles. The van der Waals surface area contributed by atoms with Crippen molar-refractivity contribution in [1.82, 2.24) is 15.8 Å². The lowest BCUT2D eigenvalue weighted by molar-refractivity contribution is -0.136. The first kappa shape index (κ1) is 23.0. The fourth-order valence-corrected chi connectivity index (χ4v) is 2.44. The summed E-state index contributed by atoms with van der Waals surface area (Å²) in [6.45, 7) is 5.79. The number of aromatic nitrogens is 1. The number of pyridine rings is 1. The van der Waals surface area contributed by atoms with E-state index in [9.17, 15) is 9.59 Å². The average Bonchev–Trinajstić information content (AvgIpc) is 2.74. The van der Waals surface area contributed by atoms with Crippen LogP contribution in [0.5, 0.6) is 0 Å². The predicted molar refractivity (Wildman–Crippen MR) is 115 cm³/mol. The summed E-state index contributed by atoms with van der Waals surface area (Å²) >= 11 is 5.73. The van der Waals surface area contributed by atoms with Crippen molar-refractivity contribution in [2.24, 2.45) is 5.92 Å². The zero-order chi connectivity index (χ0) is 21.9. The third-order valence-electron chi connectivity index (χ3n) is 3.90. The van der Waals surface area contributed by atoms with Crippen molar-refractivity contribution in [3.05, 3.63) is 64.4 Å². The van der Waals surface area contributed by atoms with Gasteiger partial charge in [0.2, 0.25) is 0 Å². The van der Waals surface area contributed by atoms with Crippen molar-refractivity contribution in [1.29, 1.82) is 0 Å². The number of benzene rings is 1. The first-order chi connectivity index (χ1) is 14.4. The van der Waals surface area contributed by atoms with Crippen LogP contribution < -0.4 is 10.8 Å². The van der Waals surface area contributed by atoms with E-state index in [1.807, 2.05) is 13.8 Å². The molecule has 0 radical (unpaired) electrons. The highest BCUT2D eigenvalue weighted by Gasteiger charge is 2.24. The van der Waals surface area contributed by atoms with Gasteiger partial charge in [0.05, 0.1) is 6.61 Å². The first-order valence-electron chi connectivity index (χ1n) is 9.37. The molecule has 1 aromatic heterocycles. The fraction of sp³-hybridized carbons (Fsp3) is 0.261. The molecule has 2 aromatic rings. The van der Waals surface area contributed by atoms with E-state index in [1.54, 1.807) is 49.5 Å². The van der Waals surface area contributed by atoms with Crippen LogP contribution in [-0.4, -0.2) is 29.4 Å². The molecule has 0 fully saturated rings. The summed E-state index contributed by atoms with van der Waals surface area (Å²) in [5.41, 5.74) is 4.18. The second kappa shape index (κ2) is 11.6. The number of nitrogens with one attached hydrogen (secondary N) is 2. The number of rotatable bonds is 6. The molecule has 0 unspecified atom stereocenters. The van der Waals surface area contributed by atoms with Crippen molar-refractivity contribution in [2.45, 2.75) is 26.8 Å². The Labute approximate surface area is 181 Å². The molecule has 0 spiro atoms. The molecule has 0 aliphatic heterocycles. The summed E-state index contributed by atoms with van der Waals surface area (Å²) in [5.74, 6) is 10.4. The van der Waals surface area contributed by atoms with Gasteiger partial charge in [-0.2, -0.15) is 0 Å². The molecule has 154 valence electrons. The van der Waals surface area contributed by atoms with E-state index in [0.29, 0.717) is 28.5 Å². The van der Waals surface area contributed by atoms with Crippen LogP contribution >= 0.6 is 11.6 Å². The lowest BCUT2D eigenvalue weighted by Gasteiger charge is -2.21. The summed E-state index contributed by atoms with van der Waals surface area (Å²) in [7, 11) is 0. The minimum atomic E-state index is -0.707. The smallest absolute Gasteiger partial charge is 0.266 e. The molecule has 6 nitrogen and oxygen atoms in total. The standard InChI is InChI=1S/C23H22ClN3O3/c1-4-30-27-23(29)21(16(2)3)26-22(28)19-12-9-17(10-13-19)7-5-6-8-18-11-14-20(24)25-15-18/h9-16,21H,4H2,1-3H3,(H,26,28)(H,27,29)/t21-/m0/s1.